The molecule has 6 heteroatoms. The molecule has 2 rings (SSSR count). The van der Waals surface area contributed by atoms with Crippen molar-refractivity contribution in [3.8, 4) is 0 Å². The van der Waals surface area contributed by atoms with Crippen LogP contribution >= 0.6 is 23.2 Å². The van der Waals surface area contributed by atoms with Crippen molar-refractivity contribution < 1.29 is 4.79 Å². The summed E-state index contributed by atoms with van der Waals surface area (Å²) in [5.74, 6) is 0. The molecule has 19 heavy (non-hydrogen) atoms. The molecule has 104 valence electrons. The molecular weight excluding hydrogens is 285 g/mol. The summed E-state index contributed by atoms with van der Waals surface area (Å²) < 4.78 is 0. The second-order valence-corrected chi connectivity index (χ2v) is 5.68. The highest BCUT2D eigenvalue weighted by Gasteiger charge is 2.23. The van der Waals surface area contributed by atoms with Gasteiger partial charge in [-0.15, -0.1) is 0 Å². The van der Waals surface area contributed by atoms with Gasteiger partial charge in [-0.25, -0.2) is 4.79 Å². The van der Waals surface area contributed by atoms with Crippen LogP contribution in [0.4, 0.5) is 10.5 Å². The number of benzene rings is 1. The molecule has 0 aromatic heterocycles. The van der Waals surface area contributed by atoms with E-state index >= 15 is 0 Å². The Morgan fingerprint density at radius 1 is 1.16 bits per heavy atom. The molecule has 2 atom stereocenters. The van der Waals surface area contributed by atoms with Gasteiger partial charge in [0.25, 0.3) is 0 Å². The molecule has 2 amide bonds. The van der Waals surface area contributed by atoms with Crippen molar-refractivity contribution >= 4 is 34.9 Å². The number of nitrogens with one attached hydrogen (secondary N) is 2. The molecule has 1 aromatic carbocycles. The minimum atomic E-state index is -0.277. The van der Waals surface area contributed by atoms with E-state index in [2.05, 4.69) is 10.6 Å². The second-order valence-electron chi connectivity index (χ2n) is 4.81. The number of hydrogen-bond donors (Lipinski definition) is 3. The molecule has 0 radical (unpaired) electrons. The third kappa shape index (κ3) is 4.27. The van der Waals surface area contributed by atoms with Gasteiger partial charge in [0.15, 0.2) is 0 Å². The van der Waals surface area contributed by atoms with E-state index in [0.29, 0.717) is 15.7 Å². The van der Waals surface area contributed by atoms with E-state index in [1.54, 1.807) is 18.2 Å². The fourth-order valence-electron chi connectivity index (χ4n) is 2.30. The van der Waals surface area contributed by atoms with Gasteiger partial charge in [-0.1, -0.05) is 36.0 Å². The van der Waals surface area contributed by atoms with Crippen molar-refractivity contribution in [1.29, 1.82) is 0 Å². The zero-order valence-electron chi connectivity index (χ0n) is 10.5. The zero-order valence-corrected chi connectivity index (χ0v) is 12.0. The topological polar surface area (TPSA) is 67.1 Å². The molecular formula is C13H17Cl2N3O. The first kappa shape index (κ1) is 14.4. The highest BCUT2D eigenvalue weighted by atomic mass is 35.5. The lowest BCUT2D eigenvalue weighted by Gasteiger charge is -2.29. The highest BCUT2D eigenvalue weighted by molar-refractivity contribution is 6.35. The lowest BCUT2D eigenvalue weighted by atomic mass is 9.91. The zero-order chi connectivity index (χ0) is 13.8. The van der Waals surface area contributed by atoms with Gasteiger partial charge in [0.2, 0.25) is 0 Å². The van der Waals surface area contributed by atoms with Crippen LogP contribution in [-0.4, -0.2) is 18.1 Å². The maximum Gasteiger partial charge on any atom is 0.319 e. The third-order valence-corrected chi connectivity index (χ3v) is 3.69. The van der Waals surface area contributed by atoms with Gasteiger partial charge in [0.1, 0.15) is 0 Å². The summed E-state index contributed by atoms with van der Waals surface area (Å²) in [5.41, 5.74) is 6.55. The Morgan fingerprint density at radius 2 is 1.79 bits per heavy atom. The van der Waals surface area contributed by atoms with Gasteiger partial charge in [-0.05, 0) is 31.0 Å². The van der Waals surface area contributed by atoms with Crippen LogP contribution in [0.2, 0.25) is 10.0 Å². The molecule has 0 bridgehead atoms. The van der Waals surface area contributed by atoms with Crippen molar-refractivity contribution in [1.82, 2.24) is 5.32 Å². The monoisotopic (exact) mass is 301 g/mol. The molecule has 4 N–H and O–H groups in total. The molecule has 4 nitrogen and oxygen atoms in total. The van der Waals surface area contributed by atoms with Gasteiger partial charge in [-0.2, -0.15) is 0 Å². The van der Waals surface area contributed by atoms with Crippen LogP contribution in [-0.2, 0) is 0 Å². The maximum absolute atomic E-state index is 11.9. The van der Waals surface area contributed by atoms with E-state index < -0.39 is 0 Å². The number of halogens is 2. The van der Waals surface area contributed by atoms with Crippen LogP contribution in [0.3, 0.4) is 0 Å². The fraction of sp³-hybridized carbons (Fsp3) is 0.462. The largest absolute Gasteiger partial charge is 0.334 e. The minimum absolute atomic E-state index is 0.0300. The Bertz CT molecular complexity index is 447. The van der Waals surface area contributed by atoms with Crippen molar-refractivity contribution in [2.75, 3.05) is 5.32 Å². The van der Waals surface area contributed by atoms with Gasteiger partial charge in [-0.3, -0.25) is 0 Å². The predicted molar refractivity (Wildman–Crippen MR) is 78.8 cm³/mol. The minimum Gasteiger partial charge on any atom is -0.334 e. The van der Waals surface area contributed by atoms with E-state index in [4.69, 9.17) is 28.9 Å². The second kappa shape index (κ2) is 6.46. The Labute approximate surface area is 122 Å². The molecule has 0 unspecified atom stereocenters. The molecule has 1 saturated carbocycles. The standard InChI is InChI=1S/C13H17Cl2N3O/c14-8-5-9(15)7-10(6-8)17-13(19)18-12-4-2-1-3-11(12)16/h5-7,11-12H,1-4,16H2,(H2,17,18,19)/t11-,12-/m1/s1. The summed E-state index contributed by atoms with van der Waals surface area (Å²) in [6.45, 7) is 0. The number of anilines is 1. The lowest BCUT2D eigenvalue weighted by molar-refractivity contribution is 0.240. The van der Waals surface area contributed by atoms with Gasteiger partial charge < -0.3 is 16.4 Å². The van der Waals surface area contributed by atoms with E-state index in [0.717, 1.165) is 25.7 Å². The molecule has 1 fully saturated rings. The van der Waals surface area contributed by atoms with Gasteiger partial charge in [0, 0.05) is 27.8 Å². The summed E-state index contributed by atoms with van der Waals surface area (Å²) in [7, 11) is 0. The SMILES string of the molecule is N[C@@H]1CCCC[C@H]1NC(=O)Nc1cc(Cl)cc(Cl)c1. The first-order valence-corrected chi connectivity index (χ1v) is 7.09. The molecule has 1 aliphatic rings. The van der Waals surface area contributed by atoms with Gasteiger partial charge >= 0.3 is 6.03 Å². The Hall–Kier alpha value is -0.970. The van der Waals surface area contributed by atoms with Gasteiger partial charge in [0.05, 0.1) is 0 Å². The Morgan fingerprint density at radius 3 is 2.42 bits per heavy atom. The lowest BCUT2D eigenvalue weighted by Crippen LogP contribution is -2.50. The predicted octanol–water partition coefficient (Wildman–Crippen LogP) is 3.38. The van der Waals surface area contributed by atoms with Crippen molar-refractivity contribution in [2.45, 2.75) is 37.8 Å². The smallest absolute Gasteiger partial charge is 0.319 e. The normalized spacial score (nSPS) is 22.9. The summed E-state index contributed by atoms with van der Waals surface area (Å²) in [4.78, 5) is 11.9. The average Bonchev–Trinajstić information content (AvgIpc) is 2.30. The van der Waals surface area contributed by atoms with E-state index in [1.807, 2.05) is 0 Å². The Kier molecular flexibility index (Phi) is 4.91. The first-order chi connectivity index (χ1) is 9.04. The summed E-state index contributed by atoms with van der Waals surface area (Å²) >= 11 is 11.7. The summed E-state index contributed by atoms with van der Waals surface area (Å²) in [5, 5.41) is 6.58. The quantitative estimate of drug-likeness (QED) is 0.784. The summed E-state index contributed by atoms with van der Waals surface area (Å²) in [6, 6.07) is 4.69. The summed E-state index contributed by atoms with van der Waals surface area (Å²) in [6.07, 6.45) is 4.10. The number of urea groups is 1. The van der Waals surface area contributed by atoms with Crippen LogP contribution in [0.25, 0.3) is 0 Å². The molecule has 1 aliphatic carbocycles. The van der Waals surface area contributed by atoms with Crippen molar-refractivity contribution in [2.24, 2.45) is 5.73 Å². The highest BCUT2D eigenvalue weighted by Crippen LogP contribution is 2.22. The van der Waals surface area contributed by atoms with E-state index in [-0.39, 0.29) is 18.1 Å². The number of hydrogen-bond acceptors (Lipinski definition) is 2. The van der Waals surface area contributed by atoms with Crippen LogP contribution in [0.15, 0.2) is 18.2 Å². The van der Waals surface area contributed by atoms with Crippen LogP contribution in [0, 0.1) is 0 Å². The fourth-order valence-corrected chi connectivity index (χ4v) is 2.83. The van der Waals surface area contributed by atoms with Crippen molar-refractivity contribution in [3.63, 3.8) is 0 Å². The number of carbonyl (C=O) groups is 1. The third-order valence-electron chi connectivity index (χ3n) is 3.26. The number of carbonyl (C=O) groups excluding carboxylic acids is 1. The van der Waals surface area contributed by atoms with E-state index in [1.165, 1.54) is 0 Å². The van der Waals surface area contributed by atoms with Crippen LogP contribution < -0.4 is 16.4 Å². The van der Waals surface area contributed by atoms with Crippen LogP contribution in [0.1, 0.15) is 25.7 Å². The molecule has 0 aliphatic heterocycles. The molecule has 0 spiro atoms. The van der Waals surface area contributed by atoms with Crippen LogP contribution in [0.5, 0.6) is 0 Å². The molecule has 0 heterocycles. The Balaban J connectivity index is 1.93. The first-order valence-electron chi connectivity index (χ1n) is 6.34. The number of amides is 2. The molecule has 1 aromatic rings. The number of rotatable bonds is 2. The van der Waals surface area contributed by atoms with Crippen molar-refractivity contribution in [3.05, 3.63) is 28.2 Å². The van der Waals surface area contributed by atoms with E-state index in [9.17, 15) is 4.79 Å². The number of nitrogens with two attached hydrogens (primary N) is 1. The average molecular weight is 302 g/mol. The molecule has 0 saturated heterocycles. The maximum atomic E-state index is 11.9.